The maximum absolute atomic E-state index is 8.70. The Morgan fingerprint density at radius 3 is 2.23 bits per heavy atom. The number of benzene rings is 1. The van der Waals surface area contributed by atoms with Gasteiger partial charge in [0.05, 0.1) is 0 Å². The molecule has 1 rings (SSSR count). The molecule has 3 heteroatoms. The zero-order valence-corrected chi connectivity index (χ0v) is 7.98. The largest absolute Gasteiger partial charge is 0.396 e. The van der Waals surface area contributed by atoms with Gasteiger partial charge in [-0.3, -0.25) is 11.7 Å². The topological polar surface area (TPSA) is 72.3 Å². The van der Waals surface area contributed by atoms with E-state index in [0.29, 0.717) is 5.92 Å². The van der Waals surface area contributed by atoms with Gasteiger partial charge in [0.1, 0.15) is 0 Å². The zero-order chi connectivity index (χ0) is 10.1. The lowest BCUT2D eigenvalue weighted by atomic mass is 9.99. The Bertz CT molecular complexity index is 201. The van der Waals surface area contributed by atoms with Crippen LogP contribution in [-0.4, -0.2) is 11.7 Å². The van der Waals surface area contributed by atoms with Gasteiger partial charge in [0, 0.05) is 6.61 Å². The van der Waals surface area contributed by atoms with E-state index in [1.807, 2.05) is 18.2 Å². The van der Waals surface area contributed by atoms with Crippen molar-refractivity contribution in [3.8, 4) is 0 Å². The third kappa shape index (κ3) is 4.62. The molecule has 5 N–H and O–H groups in total. The van der Waals surface area contributed by atoms with Gasteiger partial charge >= 0.3 is 0 Å². The molecule has 1 unspecified atom stereocenters. The number of aliphatic hydroxyl groups excluding tert-OH is 1. The molecule has 3 nitrogen and oxygen atoms in total. The summed E-state index contributed by atoms with van der Waals surface area (Å²) in [7, 11) is 0. The summed E-state index contributed by atoms with van der Waals surface area (Å²) in [6, 6.07) is 10.3. The zero-order valence-electron chi connectivity index (χ0n) is 7.98. The minimum Gasteiger partial charge on any atom is -0.396 e. The van der Waals surface area contributed by atoms with Crippen molar-refractivity contribution < 1.29 is 5.11 Å². The minimum atomic E-state index is 0.274. The van der Waals surface area contributed by atoms with Crippen LogP contribution in [0, 0.1) is 0 Å². The van der Waals surface area contributed by atoms with Crippen molar-refractivity contribution in [3.05, 3.63) is 35.9 Å². The molecule has 74 valence electrons. The van der Waals surface area contributed by atoms with Crippen LogP contribution < -0.4 is 11.7 Å². The highest BCUT2D eigenvalue weighted by Crippen LogP contribution is 2.17. The van der Waals surface area contributed by atoms with Gasteiger partial charge in [-0.15, -0.1) is 0 Å². The number of hydrazine groups is 1. The van der Waals surface area contributed by atoms with Gasteiger partial charge in [0.25, 0.3) is 0 Å². The van der Waals surface area contributed by atoms with Crippen molar-refractivity contribution in [1.82, 2.24) is 0 Å². The van der Waals surface area contributed by atoms with E-state index in [1.165, 1.54) is 5.56 Å². The molecule has 0 radical (unpaired) electrons. The number of nitrogens with two attached hydrogens (primary N) is 2. The fourth-order valence-corrected chi connectivity index (χ4v) is 1.14. The molecule has 0 aliphatic carbocycles. The lowest BCUT2D eigenvalue weighted by molar-refractivity contribution is 0.278. The smallest absolute Gasteiger partial charge is 0.0436 e. The number of aliphatic hydroxyl groups is 1. The summed E-state index contributed by atoms with van der Waals surface area (Å²) in [5.41, 5.74) is 1.31. The van der Waals surface area contributed by atoms with Gasteiger partial charge < -0.3 is 5.11 Å². The van der Waals surface area contributed by atoms with E-state index in [4.69, 9.17) is 5.11 Å². The van der Waals surface area contributed by atoms with Gasteiger partial charge in [-0.1, -0.05) is 37.3 Å². The second-order valence-electron chi connectivity index (χ2n) is 2.82. The van der Waals surface area contributed by atoms with E-state index in [2.05, 4.69) is 30.7 Å². The molecule has 0 aromatic heterocycles. The number of hydrogen-bond acceptors (Lipinski definition) is 3. The van der Waals surface area contributed by atoms with Gasteiger partial charge in [-0.25, -0.2) is 0 Å². The summed E-state index contributed by atoms with van der Waals surface area (Å²) < 4.78 is 0. The van der Waals surface area contributed by atoms with Crippen LogP contribution in [0.2, 0.25) is 0 Å². The molecule has 0 aliphatic heterocycles. The van der Waals surface area contributed by atoms with Gasteiger partial charge in [0.15, 0.2) is 0 Å². The van der Waals surface area contributed by atoms with Gasteiger partial charge in [0.2, 0.25) is 0 Å². The Morgan fingerprint density at radius 2 is 1.77 bits per heavy atom. The van der Waals surface area contributed by atoms with Crippen molar-refractivity contribution in [2.75, 3.05) is 6.61 Å². The highest BCUT2D eigenvalue weighted by Gasteiger charge is 2.01. The highest BCUT2D eigenvalue weighted by molar-refractivity contribution is 5.18. The molecule has 0 saturated heterocycles. The first-order valence-electron chi connectivity index (χ1n) is 4.33. The Hall–Kier alpha value is -0.900. The molecule has 0 aliphatic rings. The van der Waals surface area contributed by atoms with Crippen LogP contribution in [-0.2, 0) is 0 Å². The lowest BCUT2D eigenvalue weighted by Crippen LogP contribution is -2.02. The molecular weight excluding hydrogens is 164 g/mol. The molecule has 1 aromatic rings. The molecule has 0 fully saturated rings. The third-order valence-electron chi connectivity index (χ3n) is 1.93. The lowest BCUT2D eigenvalue weighted by Gasteiger charge is -2.08. The summed E-state index contributed by atoms with van der Waals surface area (Å²) in [6.07, 6.45) is 0.851. The average molecular weight is 182 g/mol. The quantitative estimate of drug-likeness (QED) is 0.482. The van der Waals surface area contributed by atoms with Crippen LogP contribution in [0.3, 0.4) is 0 Å². The standard InChI is InChI=1S/C10H14O.H4N2/c1-9(7-8-11)10-5-3-2-4-6-10;1-2/h2-6,9,11H,7-8H2,1H3;1-2H2. The summed E-state index contributed by atoms with van der Waals surface area (Å²) in [5.74, 6) is 8.47. The molecule has 0 spiro atoms. The predicted octanol–water partition coefficient (Wildman–Crippen LogP) is 0.991. The fraction of sp³-hybridized carbons (Fsp3) is 0.400. The molecule has 1 atom stereocenters. The molecule has 13 heavy (non-hydrogen) atoms. The summed E-state index contributed by atoms with van der Waals surface area (Å²) in [5, 5.41) is 8.70. The van der Waals surface area contributed by atoms with Crippen molar-refractivity contribution >= 4 is 0 Å². The summed E-state index contributed by atoms with van der Waals surface area (Å²) in [6.45, 7) is 2.40. The SMILES string of the molecule is CC(CCO)c1ccccc1.NN. The van der Waals surface area contributed by atoms with E-state index in [1.54, 1.807) is 0 Å². The van der Waals surface area contributed by atoms with Crippen molar-refractivity contribution in [1.29, 1.82) is 0 Å². The molecule has 0 heterocycles. The predicted molar refractivity (Wildman–Crippen MR) is 54.9 cm³/mol. The van der Waals surface area contributed by atoms with Crippen LogP contribution in [0.25, 0.3) is 0 Å². The maximum atomic E-state index is 8.70. The van der Waals surface area contributed by atoms with Crippen LogP contribution in [0.15, 0.2) is 30.3 Å². The fourth-order valence-electron chi connectivity index (χ4n) is 1.14. The first kappa shape index (κ1) is 12.1. The normalized spacial score (nSPS) is 11.4. The second kappa shape index (κ2) is 7.73. The van der Waals surface area contributed by atoms with E-state index >= 15 is 0 Å². The van der Waals surface area contributed by atoms with Crippen LogP contribution >= 0.6 is 0 Å². The molecule has 0 amide bonds. The van der Waals surface area contributed by atoms with Crippen LogP contribution in [0.1, 0.15) is 24.8 Å². The maximum Gasteiger partial charge on any atom is 0.0436 e. The monoisotopic (exact) mass is 182 g/mol. The molecule has 1 aromatic carbocycles. The van der Waals surface area contributed by atoms with Crippen LogP contribution in [0.4, 0.5) is 0 Å². The second-order valence-corrected chi connectivity index (χ2v) is 2.82. The highest BCUT2D eigenvalue weighted by atomic mass is 16.3. The van der Waals surface area contributed by atoms with E-state index in [-0.39, 0.29) is 6.61 Å². The first-order chi connectivity index (χ1) is 6.34. The van der Waals surface area contributed by atoms with Gasteiger partial charge in [-0.2, -0.15) is 0 Å². The third-order valence-corrected chi connectivity index (χ3v) is 1.93. The number of hydrogen-bond donors (Lipinski definition) is 3. The first-order valence-corrected chi connectivity index (χ1v) is 4.33. The van der Waals surface area contributed by atoms with Crippen LogP contribution in [0.5, 0.6) is 0 Å². The van der Waals surface area contributed by atoms with Gasteiger partial charge in [-0.05, 0) is 17.9 Å². The molecule has 0 bridgehead atoms. The molecular formula is C10H18N2O. The number of rotatable bonds is 3. The minimum absolute atomic E-state index is 0.274. The van der Waals surface area contributed by atoms with E-state index < -0.39 is 0 Å². The Kier molecular flexibility index (Phi) is 7.20. The van der Waals surface area contributed by atoms with Crippen molar-refractivity contribution in [2.24, 2.45) is 11.7 Å². The van der Waals surface area contributed by atoms with E-state index in [0.717, 1.165) is 6.42 Å². The Balaban J connectivity index is 0.000000671. The summed E-state index contributed by atoms with van der Waals surface area (Å²) in [4.78, 5) is 0. The summed E-state index contributed by atoms with van der Waals surface area (Å²) >= 11 is 0. The van der Waals surface area contributed by atoms with Crippen molar-refractivity contribution in [2.45, 2.75) is 19.3 Å². The Labute approximate surface area is 79.3 Å². The van der Waals surface area contributed by atoms with E-state index in [9.17, 15) is 0 Å². The van der Waals surface area contributed by atoms with Crippen molar-refractivity contribution in [3.63, 3.8) is 0 Å². The average Bonchev–Trinajstić information content (AvgIpc) is 2.23. The molecule has 0 saturated carbocycles. The Morgan fingerprint density at radius 1 is 1.23 bits per heavy atom.